The van der Waals surface area contributed by atoms with Gasteiger partial charge in [-0.05, 0) is 83.5 Å². The van der Waals surface area contributed by atoms with E-state index >= 15 is 0 Å². The smallest absolute Gasteiger partial charge is 0.268 e. The first kappa shape index (κ1) is 85.7. The number of allylic oxidation sites excluding steroid dienone is 13. The van der Waals surface area contributed by atoms with Crippen molar-refractivity contribution in [3.8, 4) is 0 Å². The standard InChI is InChI=1S/C79H147N2O6P/c1-6-8-10-12-14-16-18-20-22-24-26-28-30-32-34-36-38-39-40-41-43-45-47-49-51-53-55-57-59-61-63-65-67-69-71-73-79(83)80-77(76-87-88(84,85)86-75-74-81(3,4)5)78(82)72-70-68-66-64-62-60-58-56-54-52-50-48-46-44-42-37-35-33-31-29-27-25-23-21-19-17-15-13-11-9-7-2/h8,10,14,16,20,22,26,28,54,56,62,64,70,72,77-78,82H,6-7,9,11-13,15,17-19,21,23-25,27,29-53,55,57-61,63,65-69,71,73-76H2,1-5H3,(H-,80,83,84,85)/b10-8-,16-14-,22-20-,28-26-,56-54+,64-62+,72-70+. The average Bonchev–Trinajstić information content (AvgIpc) is 3.64. The lowest BCUT2D eigenvalue weighted by atomic mass is 10.0. The van der Waals surface area contributed by atoms with Gasteiger partial charge in [0.25, 0.3) is 7.82 Å². The molecule has 8 nitrogen and oxygen atoms in total. The number of nitrogens with zero attached hydrogens (tertiary/aromatic N) is 1. The summed E-state index contributed by atoms with van der Waals surface area (Å²) in [6.45, 7) is 4.55. The average molecular weight is 1250 g/mol. The summed E-state index contributed by atoms with van der Waals surface area (Å²) in [5.41, 5.74) is 0. The molecule has 0 rings (SSSR count). The lowest BCUT2D eigenvalue weighted by Crippen LogP contribution is -2.45. The molecule has 0 aromatic carbocycles. The Balaban J connectivity index is 4.05. The van der Waals surface area contributed by atoms with Crippen LogP contribution in [0.5, 0.6) is 0 Å². The first-order valence-electron chi connectivity index (χ1n) is 37.9. The van der Waals surface area contributed by atoms with Gasteiger partial charge < -0.3 is 28.8 Å². The van der Waals surface area contributed by atoms with E-state index in [9.17, 15) is 19.4 Å². The molecule has 3 unspecified atom stereocenters. The van der Waals surface area contributed by atoms with Crippen molar-refractivity contribution in [2.24, 2.45) is 0 Å². The van der Waals surface area contributed by atoms with Crippen molar-refractivity contribution >= 4 is 13.7 Å². The third kappa shape index (κ3) is 71.1. The molecule has 0 saturated carbocycles. The van der Waals surface area contributed by atoms with Gasteiger partial charge in [-0.2, -0.15) is 0 Å². The van der Waals surface area contributed by atoms with Gasteiger partial charge in [-0.3, -0.25) is 9.36 Å². The van der Waals surface area contributed by atoms with Gasteiger partial charge in [0, 0.05) is 6.42 Å². The van der Waals surface area contributed by atoms with Crippen molar-refractivity contribution in [3.63, 3.8) is 0 Å². The van der Waals surface area contributed by atoms with Crippen molar-refractivity contribution in [3.05, 3.63) is 85.1 Å². The normalized spacial score (nSPS) is 14.0. The van der Waals surface area contributed by atoms with Gasteiger partial charge in [0.2, 0.25) is 5.91 Å². The minimum Gasteiger partial charge on any atom is -0.756 e. The Morgan fingerprint density at radius 3 is 1.06 bits per heavy atom. The van der Waals surface area contributed by atoms with Gasteiger partial charge in [-0.15, -0.1) is 0 Å². The summed E-state index contributed by atoms with van der Waals surface area (Å²) in [5, 5.41) is 14.0. The number of hydrogen-bond donors (Lipinski definition) is 2. The maximum atomic E-state index is 13.1. The number of phosphoric acid groups is 1. The molecule has 0 heterocycles. The van der Waals surface area contributed by atoms with E-state index in [0.29, 0.717) is 17.4 Å². The summed E-state index contributed by atoms with van der Waals surface area (Å²) in [7, 11) is 1.24. The highest BCUT2D eigenvalue weighted by atomic mass is 31.2. The summed E-state index contributed by atoms with van der Waals surface area (Å²) >= 11 is 0. The van der Waals surface area contributed by atoms with Crippen LogP contribution in [0.2, 0.25) is 0 Å². The van der Waals surface area contributed by atoms with Gasteiger partial charge >= 0.3 is 0 Å². The highest BCUT2D eigenvalue weighted by Gasteiger charge is 2.23. The number of amides is 1. The topological polar surface area (TPSA) is 108 Å². The Morgan fingerprint density at radius 2 is 0.705 bits per heavy atom. The fraction of sp³-hybridized carbons (Fsp3) is 0.810. The van der Waals surface area contributed by atoms with E-state index in [0.717, 1.165) is 70.6 Å². The molecule has 0 aliphatic heterocycles. The minimum absolute atomic E-state index is 0.00978. The third-order valence-corrected chi connectivity index (χ3v) is 18.0. The van der Waals surface area contributed by atoms with Crippen LogP contribution in [0.1, 0.15) is 361 Å². The monoisotopic (exact) mass is 1250 g/mol. The summed E-state index contributed by atoms with van der Waals surface area (Å²) in [6, 6.07) is -0.914. The van der Waals surface area contributed by atoms with Crippen molar-refractivity contribution in [2.75, 3.05) is 40.9 Å². The van der Waals surface area contributed by atoms with Gasteiger partial charge in [0.15, 0.2) is 0 Å². The number of hydrogen-bond acceptors (Lipinski definition) is 6. The second-order valence-electron chi connectivity index (χ2n) is 27.0. The van der Waals surface area contributed by atoms with Gasteiger partial charge in [0.1, 0.15) is 13.2 Å². The summed E-state index contributed by atoms with van der Waals surface area (Å²) < 4.78 is 23.5. The number of likely N-dealkylation sites (N-methyl/N-ethyl adjacent to an activating group) is 1. The van der Waals surface area contributed by atoms with Gasteiger partial charge in [-0.25, -0.2) is 0 Å². The molecule has 0 spiro atoms. The molecule has 88 heavy (non-hydrogen) atoms. The molecule has 3 atom stereocenters. The van der Waals surface area contributed by atoms with Crippen molar-refractivity contribution in [1.29, 1.82) is 0 Å². The first-order valence-corrected chi connectivity index (χ1v) is 39.4. The number of phosphoric ester groups is 1. The van der Waals surface area contributed by atoms with Crippen LogP contribution in [0.25, 0.3) is 0 Å². The van der Waals surface area contributed by atoms with E-state index in [1.807, 2.05) is 27.2 Å². The molecule has 0 aromatic heterocycles. The lowest BCUT2D eigenvalue weighted by molar-refractivity contribution is -0.870. The Kier molecular flexibility index (Phi) is 67.2. The van der Waals surface area contributed by atoms with E-state index in [1.165, 1.54) is 270 Å². The molecule has 0 aliphatic rings. The Bertz CT molecular complexity index is 1710. The fourth-order valence-corrected chi connectivity index (χ4v) is 12.0. The van der Waals surface area contributed by atoms with Crippen molar-refractivity contribution < 1.29 is 32.9 Å². The molecular weight excluding hydrogens is 1100 g/mol. The molecule has 0 radical (unpaired) electrons. The van der Waals surface area contributed by atoms with Crippen LogP contribution in [0.4, 0.5) is 0 Å². The predicted molar refractivity (Wildman–Crippen MR) is 385 cm³/mol. The Labute approximate surface area is 547 Å². The molecule has 1 amide bonds. The van der Waals surface area contributed by atoms with E-state index in [1.54, 1.807) is 6.08 Å². The first-order chi connectivity index (χ1) is 43.0. The maximum Gasteiger partial charge on any atom is 0.268 e. The zero-order valence-corrected chi connectivity index (χ0v) is 59.8. The zero-order valence-electron chi connectivity index (χ0n) is 58.9. The molecule has 9 heteroatoms. The molecule has 0 aliphatic carbocycles. The largest absolute Gasteiger partial charge is 0.756 e. The number of rotatable bonds is 70. The predicted octanol–water partition coefficient (Wildman–Crippen LogP) is 24.0. The van der Waals surface area contributed by atoms with Crippen LogP contribution in [0.3, 0.4) is 0 Å². The Hall–Kier alpha value is -2.32. The van der Waals surface area contributed by atoms with Crippen LogP contribution in [-0.4, -0.2) is 68.5 Å². The number of quaternary nitrogens is 1. The summed E-state index contributed by atoms with van der Waals surface area (Å²) in [6.07, 6.45) is 98.9. The van der Waals surface area contributed by atoms with Crippen LogP contribution >= 0.6 is 7.82 Å². The van der Waals surface area contributed by atoms with Crippen LogP contribution in [-0.2, 0) is 18.4 Å². The molecule has 2 N–H and O–H groups in total. The zero-order chi connectivity index (χ0) is 64.1. The molecule has 514 valence electrons. The van der Waals surface area contributed by atoms with Gasteiger partial charge in [0.05, 0.1) is 39.9 Å². The quantitative estimate of drug-likeness (QED) is 0.0272. The molecule has 0 fully saturated rings. The van der Waals surface area contributed by atoms with E-state index in [2.05, 4.69) is 92.1 Å². The number of aliphatic hydroxyl groups is 1. The highest BCUT2D eigenvalue weighted by molar-refractivity contribution is 7.45. The molecular formula is C79H147N2O6P. The second kappa shape index (κ2) is 69.0. The van der Waals surface area contributed by atoms with Crippen molar-refractivity contribution in [2.45, 2.75) is 373 Å². The highest BCUT2D eigenvalue weighted by Crippen LogP contribution is 2.38. The SMILES string of the molecule is CC/C=C\C/C=C\C/C=C\C/C=C\CCCCCCCCCCCCCCCCCCCCCCCCC(=O)NC(COP(=O)([O-])OCC[N+](C)(C)C)C(O)/C=C/CC/C=C/CC/C=C/CCCCCCCCCCCCCCCCCCCCCCC. The third-order valence-electron chi connectivity index (χ3n) is 17.1. The number of aliphatic hydroxyl groups excluding tert-OH is 1. The molecule has 0 saturated heterocycles. The Morgan fingerprint density at radius 1 is 0.409 bits per heavy atom. The fourth-order valence-electron chi connectivity index (χ4n) is 11.2. The van der Waals surface area contributed by atoms with Crippen LogP contribution in [0, 0.1) is 0 Å². The van der Waals surface area contributed by atoms with Crippen molar-refractivity contribution in [1.82, 2.24) is 5.32 Å². The van der Waals surface area contributed by atoms with E-state index < -0.39 is 26.6 Å². The van der Waals surface area contributed by atoms with Crippen LogP contribution < -0.4 is 10.2 Å². The summed E-state index contributed by atoms with van der Waals surface area (Å²) in [5.74, 6) is -0.206. The second-order valence-corrected chi connectivity index (χ2v) is 28.4. The summed E-state index contributed by atoms with van der Waals surface area (Å²) in [4.78, 5) is 25.7. The van der Waals surface area contributed by atoms with Crippen LogP contribution in [0.15, 0.2) is 85.1 Å². The molecule has 0 bridgehead atoms. The van der Waals surface area contributed by atoms with E-state index in [4.69, 9.17) is 9.05 Å². The number of nitrogens with one attached hydrogen (secondary N) is 1. The number of unbranched alkanes of at least 4 members (excludes halogenated alkanes) is 45. The lowest BCUT2D eigenvalue weighted by Gasteiger charge is -2.29. The minimum atomic E-state index is -4.62. The van der Waals surface area contributed by atoms with E-state index in [-0.39, 0.29) is 12.5 Å². The number of carbonyl (C=O) groups excluding carboxylic acids is 1. The maximum absolute atomic E-state index is 13.1. The number of carbonyl (C=O) groups is 1. The van der Waals surface area contributed by atoms with Gasteiger partial charge in [-0.1, -0.05) is 356 Å². The molecule has 0 aromatic rings.